The van der Waals surface area contributed by atoms with Crippen molar-refractivity contribution in [3.63, 3.8) is 0 Å². The quantitative estimate of drug-likeness (QED) is 0.478. The minimum atomic E-state index is -1.35. The van der Waals surface area contributed by atoms with Crippen molar-refractivity contribution in [2.45, 2.75) is 32.4 Å². The number of rotatable bonds is 9. The minimum absolute atomic E-state index is 0.0782. The number of halogens is 2. The standard InChI is InChI=1S/C24H21F2N3O4/c1-2-4-21(24(30)31)33-23-20(26)11-19(25)22(29-23)32-18-9-15(13-28)8-17(10-18)16-6-3-5-14(7-16)12-27/h3,5-11,21H,2,4,12,27H2,1H3,(H,30,31). The van der Waals surface area contributed by atoms with Crippen LogP contribution in [0.25, 0.3) is 11.1 Å². The SMILES string of the molecule is CCCC(Oc1nc(Oc2cc(C#N)cc(-c3cccc(CN)c3)c2)c(F)cc1F)C(=O)O. The molecular formula is C24H21F2N3O4. The van der Waals surface area contributed by atoms with Crippen molar-refractivity contribution < 1.29 is 28.2 Å². The molecule has 1 unspecified atom stereocenters. The summed E-state index contributed by atoms with van der Waals surface area (Å²) >= 11 is 0. The van der Waals surface area contributed by atoms with Crippen molar-refractivity contribution in [1.29, 1.82) is 5.26 Å². The molecule has 0 saturated carbocycles. The lowest BCUT2D eigenvalue weighted by Crippen LogP contribution is -2.27. The van der Waals surface area contributed by atoms with Gasteiger partial charge in [-0.1, -0.05) is 31.5 Å². The molecule has 0 radical (unpaired) electrons. The van der Waals surface area contributed by atoms with Crippen molar-refractivity contribution in [2.24, 2.45) is 5.73 Å². The third kappa shape index (κ3) is 5.81. The van der Waals surface area contributed by atoms with E-state index in [2.05, 4.69) is 4.98 Å². The number of carbonyl (C=O) groups is 1. The molecule has 0 aliphatic heterocycles. The third-order valence-corrected chi connectivity index (χ3v) is 4.69. The molecular weight excluding hydrogens is 432 g/mol. The molecule has 0 fully saturated rings. The first kappa shape index (κ1) is 23.6. The van der Waals surface area contributed by atoms with Gasteiger partial charge in [-0.25, -0.2) is 13.6 Å². The number of carboxylic acids is 1. The van der Waals surface area contributed by atoms with Gasteiger partial charge in [0.2, 0.25) is 0 Å². The van der Waals surface area contributed by atoms with Crippen LogP contribution in [0.5, 0.6) is 17.5 Å². The Morgan fingerprint density at radius 2 is 1.91 bits per heavy atom. The largest absolute Gasteiger partial charge is 0.479 e. The highest BCUT2D eigenvalue weighted by Crippen LogP contribution is 2.32. The van der Waals surface area contributed by atoms with Gasteiger partial charge in [-0.2, -0.15) is 10.2 Å². The summed E-state index contributed by atoms with van der Waals surface area (Å²) in [5.74, 6) is -4.81. The molecule has 170 valence electrons. The smallest absolute Gasteiger partial charge is 0.344 e. The summed E-state index contributed by atoms with van der Waals surface area (Å²) in [5, 5.41) is 18.6. The Labute approximate surface area is 189 Å². The van der Waals surface area contributed by atoms with Crippen LogP contribution in [0.1, 0.15) is 30.9 Å². The van der Waals surface area contributed by atoms with Gasteiger partial charge in [-0.3, -0.25) is 0 Å². The Morgan fingerprint density at radius 3 is 2.58 bits per heavy atom. The Morgan fingerprint density at radius 1 is 1.15 bits per heavy atom. The zero-order chi connectivity index (χ0) is 24.0. The maximum Gasteiger partial charge on any atom is 0.344 e. The maximum atomic E-state index is 14.4. The average Bonchev–Trinajstić information content (AvgIpc) is 2.81. The highest BCUT2D eigenvalue weighted by atomic mass is 19.1. The Hall–Kier alpha value is -4.03. The summed E-state index contributed by atoms with van der Waals surface area (Å²) in [5.41, 5.74) is 8.20. The summed E-state index contributed by atoms with van der Waals surface area (Å²) in [7, 11) is 0. The summed E-state index contributed by atoms with van der Waals surface area (Å²) in [6.07, 6.45) is -0.767. The third-order valence-electron chi connectivity index (χ3n) is 4.69. The number of nitriles is 1. The van der Waals surface area contributed by atoms with Gasteiger partial charge in [0.1, 0.15) is 5.75 Å². The van der Waals surface area contributed by atoms with Crippen LogP contribution < -0.4 is 15.2 Å². The molecule has 1 aromatic heterocycles. The summed E-state index contributed by atoms with van der Waals surface area (Å²) in [6, 6.07) is 14.4. The topological polar surface area (TPSA) is 118 Å². The number of aromatic nitrogens is 1. The molecule has 0 aliphatic rings. The van der Waals surface area contributed by atoms with Gasteiger partial charge in [0.25, 0.3) is 11.8 Å². The number of benzene rings is 2. The number of aliphatic carboxylic acids is 1. The fourth-order valence-electron chi connectivity index (χ4n) is 3.10. The first-order valence-corrected chi connectivity index (χ1v) is 10.1. The zero-order valence-electron chi connectivity index (χ0n) is 17.7. The van der Waals surface area contributed by atoms with Crippen LogP contribution in [0.2, 0.25) is 0 Å². The van der Waals surface area contributed by atoms with Crippen LogP contribution in [0.15, 0.2) is 48.5 Å². The number of carboxylic acid groups (broad SMARTS) is 1. The molecule has 0 saturated heterocycles. The summed E-state index contributed by atoms with van der Waals surface area (Å²) in [6.45, 7) is 2.07. The van der Waals surface area contributed by atoms with Crippen molar-refractivity contribution in [1.82, 2.24) is 4.98 Å². The normalized spacial score (nSPS) is 11.5. The van der Waals surface area contributed by atoms with Crippen LogP contribution in [0.3, 0.4) is 0 Å². The Kier molecular flexibility index (Phi) is 7.53. The number of hydrogen-bond donors (Lipinski definition) is 2. The van der Waals surface area contributed by atoms with Crippen molar-refractivity contribution in [3.8, 4) is 34.7 Å². The molecule has 33 heavy (non-hydrogen) atoms. The van der Waals surface area contributed by atoms with E-state index in [1.165, 1.54) is 6.07 Å². The number of nitrogens with zero attached hydrogens (tertiary/aromatic N) is 2. The molecule has 3 aromatic rings. The van der Waals surface area contributed by atoms with E-state index >= 15 is 0 Å². The van der Waals surface area contributed by atoms with E-state index in [9.17, 15) is 23.9 Å². The zero-order valence-corrected chi connectivity index (χ0v) is 17.7. The second-order valence-corrected chi connectivity index (χ2v) is 7.16. The Bertz CT molecular complexity index is 1210. The van der Waals surface area contributed by atoms with E-state index in [4.69, 9.17) is 15.2 Å². The molecule has 0 aliphatic carbocycles. The van der Waals surface area contributed by atoms with Gasteiger partial charge in [0, 0.05) is 12.6 Å². The number of hydrogen-bond acceptors (Lipinski definition) is 6. The Balaban J connectivity index is 1.97. The van der Waals surface area contributed by atoms with Gasteiger partial charge >= 0.3 is 5.97 Å². The minimum Gasteiger partial charge on any atom is -0.479 e. The van der Waals surface area contributed by atoms with E-state index in [0.717, 1.165) is 11.1 Å². The van der Waals surface area contributed by atoms with E-state index in [0.29, 0.717) is 24.6 Å². The molecule has 0 bridgehead atoms. The molecule has 1 heterocycles. The van der Waals surface area contributed by atoms with Crippen molar-refractivity contribution >= 4 is 5.97 Å². The lowest BCUT2D eigenvalue weighted by Gasteiger charge is -2.15. The number of pyridine rings is 1. The van der Waals surface area contributed by atoms with Crippen LogP contribution in [0, 0.1) is 23.0 Å². The first-order valence-electron chi connectivity index (χ1n) is 10.1. The van der Waals surface area contributed by atoms with Gasteiger partial charge in [-0.05, 0) is 47.4 Å². The van der Waals surface area contributed by atoms with Crippen LogP contribution in [-0.4, -0.2) is 22.2 Å². The van der Waals surface area contributed by atoms with E-state index in [1.807, 2.05) is 30.3 Å². The lowest BCUT2D eigenvalue weighted by atomic mass is 10.0. The second-order valence-electron chi connectivity index (χ2n) is 7.16. The van der Waals surface area contributed by atoms with E-state index < -0.39 is 35.5 Å². The van der Waals surface area contributed by atoms with Crippen LogP contribution >= 0.6 is 0 Å². The van der Waals surface area contributed by atoms with Gasteiger partial charge in [-0.15, -0.1) is 0 Å². The predicted molar refractivity (Wildman–Crippen MR) is 116 cm³/mol. The van der Waals surface area contributed by atoms with Crippen molar-refractivity contribution in [2.75, 3.05) is 0 Å². The van der Waals surface area contributed by atoms with Gasteiger partial charge in [0.15, 0.2) is 17.7 Å². The number of ether oxygens (including phenoxy) is 2. The molecule has 3 N–H and O–H groups in total. The maximum absolute atomic E-state index is 14.4. The first-order chi connectivity index (χ1) is 15.8. The molecule has 0 spiro atoms. The molecule has 9 heteroatoms. The molecule has 2 aromatic carbocycles. The highest BCUT2D eigenvalue weighted by Gasteiger charge is 2.23. The summed E-state index contributed by atoms with van der Waals surface area (Å²) in [4.78, 5) is 15.0. The monoisotopic (exact) mass is 453 g/mol. The van der Waals surface area contributed by atoms with E-state index in [-0.39, 0.29) is 17.7 Å². The fraction of sp³-hybridized carbons (Fsp3) is 0.208. The molecule has 0 amide bonds. The molecule has 7 nitrogen and oxygen atoms in total. The van der Waals surface area contributed by atoms with Gasteiger partial charge in [0.05, 0.1) is 11.6 Å². The fourth-order valence-corrected chi connectivity index (χ4v) is 3.10. The lowest BCUT2D eigenvalue weighted by molar-refractivity contribution is -0.145. The molecule has 1 atom stereocenters. The van der Waals surface area contributed by atoms with Crippen molar-refractivity contribution in [3.05, 3.63) is 71.3 Å². The van der Waals surface area contributed by atoms with E-state index in [1.54, 1.807) is 19.1 Å². The average molecular weight is 453 g/mol. The van der Waals surface area contributed by atoms with Gasteiger partial charge < -0.3 is 20.3 Å². The van der Waals surface area contributed by atoms with Crippen LogP contribution in [0.4, 0.5) is 8.78 Å². The predicted octanol–water partition coefficient (Wildman–Crippen LogP) is 4.78. The number of nitrogens with two attached hydrogens (primary N) is 1. The molecule has 3 rings (SSSR count). The summed E-state index contributed by atoms with van der Waals surface area (Å²) < 4.78 is 39.2. The second kappa shape index (κ2) is 10.5. The highest BCUT2D eigenvalue weighted by molar-refractivity contribution is 5.72. The van der Waals surface area contributed by atoms with Crippen LogP contribution in [-0.2, 0) is 11.3 Å².